The van der Waals surface area contributed by atoms with Gasteiger partial charge in [-0.05, 0) is 42.9 Å². The number of hydrogen-bond donors (Lipinski definition) is 1. The van der Waals surface area contributed by atoms with Crippen LogP contribution < -0.4 is 5.32 Å². The second-order valence-corrected chi connectivity index (χ2v) is 5.95. The zero-order valence-corrected chi connectivity index (χ0v) is 10.7. The lowest BCUT2D eigenvalue weighted by Crippen LogP contribution is -2.30. The zero-order chi connectivity index (χ0) is 12.0. The van der Waals surface area contributed by atoms with Gasteiger partial charge in [0.25, 0.3) is 0 Å². The molecule has 0 spiro atoms. The highest BCUT2D eigenvalue weighted by atomic mass is 35.5. The number of benzene rings is 1. The van der Waals surface area contributed by atoms with Crippen LogP contribution in [0.1, 0.15) is 31.7 Å². The Balaban J connectivity index is 1.83. The van der Waals surface area contributed by atoms with Gasteiger partial charge in [0.05, 0.1) is 0 Å². The van der Waals surface area contributed by atoms with E-state index in [0.29, 0.717) is 17.0 Å². The standard InChI is InChI=1S/C14H17ClFN/c1-9-7-14(9,8-17-11-3-4-11)12-5-2-10(16)6-13(12)15/h2,5-6,9,11,17H,3-4,7-8H2,1H3. The fraction of sp³-hybridized carbons (Fsp3) is 0.571. The van der Waals surface area contributed by atoms with Crippen LogP contribution in [-0.4, -0.2) is 12.6 Å². The molecule has 2 atom stereocenters. The Labute approximate surface area is 106 Å². The maximum Gasteiger partial charge on any atom is 0.124 e. The van der Waals surface area contributed by atoms with Crippen LogP contribution in [-0.2, 0) is 5.41 Å². The summed E-state index contributed by atoms with van der Waals surface area (Å²) in [6.07, 6.45) is 3.74. The molecule has 0 bridgehead atoms. The molecule has 2 unspecified atom stereocenters. The third kappa shape index (κ3) is 2.09. The molecule has 3 heteroatoms. The van der Waals surface area contributed by atoms with Crippen molar-refractivity contribution in [3.63, 3.8) is 0 Å². The van der Waals surface area contributed by atoms with Gasteiger partial charge in [0.15, 0.2) is 0 Å². The summed E-state index contributed by atoms with van der Waals surface area (Å²) in [7, 11) is 0. The minimum Gasteiger partial charge on any atom is -0.313 e. The summed E-state index contributed by atoms with van der Waals surface area (Å²) in [5.74, 6) is 0.383. The van der Waals surface area contributed by atoms with Crippen LogP contribution in [0.5, 0.6) is 0 Å². The fourth-order valence-corrected chi connectivity index (χ4v) is 3.07. The molecule has 92 valence electrons. The van der Waals surface area contributed by atoms with Crippen LogP contribution in [0.3, 0.4) is 0 Å². The Morgan fingerprint density at radius 1 is 1.47 bits per heavy atom. The van der Waals surface area contributed by atoms with Crippen molar-refractivity contribution in [3.8, 4) is 0 Å². The first-order valence-corrected chi connectivity index (χ1v) is 6.68. The summed E-state index contributed by atoms with van der Waals surface area (Å²) < 4.78 is 13.1. The third-order valence-electron chi connectivity index (χ3n) is 4.20. The normalized spacial score (nSPS) is 31.6. The van der Waals surface area contributed by atoms with Crippen LogP contribution in [0.15, 0.2) is 18.2 Å². The average Bonchev–Trinajstić information content (AvgIpc) is 3.14. The number of hydrogen-bond acceptors (Lipinski definition) is 1. The molecule has 2 fully saturated rings. The van der Waals surface area contributed by atoms with E-state index in [-0.39, 0.29) is 11.2 Å². The monoisotopic (exact) mass is 253 g/mol. The first-order valence-electron chi connectivity index (χ1n) is 6.31. The molecule has 1 aromatic rings. The van der Waals surface area contributed by atoms with Crippen LogP contribution in [0, 0.1) is 11.7 Å². The van der Waals surface area contributed by atoms with E-state index in [4.69, 9.17) is 11.6 Å². The summed E-state index contributed by atoms with van der Waals surface area (Å²) in [4.78, 5) is 0. The van der Waals surface area contributed by atoms with E-state index in [0.717, 1.165) is 18.5 Å². The maximum absolute atomic E-state index is 13.1. The molecule has 0 heterocycles. The maximum atomic E-state index is 13.1. The van der Waals surface area contributed by atoms with Crippen LogP contribution >= 0.6 is 11.6 Å². The largest absolute Gasteiger partial charge is 0.313 e. The van der Waals surface area contributed by atoms with Gasteiger partial charge in [-0.3, -0.25) is 0 Å². The molecule has 2 aliphatic carbocycles. The molecule has 1 nitrogen and oxygen atoms in total. The molecule has 0 aliphatic heterocycles. The SMILES string of the molecule is CC1CC1(CNC1CC1)c1ccc(F)cc1Cl. The van der Waals surface area contributed by atoms with Crippen LogP contribution in [0.25, 0.3) is 0 Å². The van der Waals surface area contributed by atoms with E-state index >= 15 is 0 Å². The Bertz CT molecular complexity index is 444. The van der Waals surface area contributed by atoms with E-state index < -0.39 is 0 Å². The Kier molecular flexibility index (Phi) is 2.68. The smallest absolute Gasteiger partial charge is 0.124 e. The second kappa shape index (κ2) is 3.96. The van der Waals surface area contributed by atoms with Gasteiger partial charge in [-0.25, -0.2) is 4.39 Å². The topological polar surface area (TPSA) is 12.0 Å². The van der Waals surface area contributed by atoms with E-state index in [1.807, 2.05) is 6.07 Å². The van der Waals surface area contributed by atoms with E-state index in [1.165, 1.54) is 25.0 Å². The van der Waals surface area contributed by atoms with Gasteiger partial charge in [0.2, 0.25) is 0 Å². The molecule has 1 aromatic carbocycles. The number of rotatable bonds is 4. The summed E-state index contributed by atoms with van der Waals surface area (Å²) in [5.41, 5.74) is 1.26. The molecular weight excluding hydrogens is 237 g/mol. The van der Waals surface area contributed by atoms with E-state index in [2.05, 4.69) is 12.2 Å². The molecular formula is C14H17ClFN. The van der Waals surface area contributed by atoms with Gasteiger partial charge in [-0.1, -0.05) is 24.6 Å². The lowest BCUT2D eigenvalue weighted by Gasteiger charge is -2.19. The van der Waals surface area contributed by atoms with E-state index in [1.54, 1.807) is 0 Å². The third-order valence-corrected chi connectivity index (χ3v) is 4.52. The van der Waals surface area contributed by atoms with Crippen molar-refractivity contribution in [3.05, 3.63) is 34.6 Å². The molecule has 0 amide bonds. The fourth-order valence-electron chi connectivity index (χ4n) is 2.71. The van der Waals surface area contributed by atoms with Gasteiger partial charge >= 0.3 is 0 Å². The molecule has 3 rings (SSSR count). The molecule has 0 saturated heterocycles. The Morgan fingerprint density at radius 3 is 2.71 bits per heavy atom. The van der Waals surface area contributed by atoms with Crippen molar-refractivity contribution in [1.29, 1.82) is 0 Å². The summed E-state index contributed by atoms with van der Waals surface area (Å²) >= 11 is 6.18. The van der Waals surface area contributed by atoms with Gasteiger partial charge in [-0.2, -0.15) is 0 Å². The lowest BCUT2D eigenvalue weighted by molar-refractivity contribution is 0.539. The predicted molar refractivity (Wildman–Crippen MR) is 67.9 cm³/mol. The highest BCUT2D eigenvalue weighted by Crippen LogP contribution is 2.55. The average molecular weight is 254 g/mol. The van der Waals surface area contributed by atoms with Crippen LogP contribution in [0.4, 0.5) is 4.39 Å². The summed E-state index contributed by atoms with van der Waals surface area (Å²) in [5, 5.41) is 4.15. The van der Waals surface area contributed by atoms with Gasteiger partial charge in [-0.15, -0.1) is 0 Å². The Morgan fingerprint density at radius 2 is 2.18 bits per heavy atom. The van der Waals surface area contributed by atoms with Crippen molar-refractivity contribution in [2.45, 2.75) is 37.6 Å². The van der Waals surface area contributed by atoms with Gasteiger partial charge < -0.3 is 5.32 Å². The number of halogens is 2. The van der Waals surface area contributed by atoms with Gasteiger partial charge in [0, 0.05) is 23.0 Å². The molecule has 2 aliphatic rings. The van der Waals surface area contributed by atoms with Crippen LogP contribution in [0.2, 0.25) is 5.02 Å². The zero-order valence-electron chi connectivity index (χ0n) is 9.97. The van der Waals surface area contributed by atoms with Crippen molar-refractivity contribution in [2.24, 2.45) is 5.92 Å². The van der Waals surface area contributed by atoms with Gasteiger partial charge in [0.1, 0.15) is 5.82 Å². The molecule has 0 aromatic heterocycles. The first kappa shape index (κ1) is 11.5. The number of nitrogens with one attached hydrogen (secondary N) is 1. The highest BCUT2D eigenvalue weighted by molar-refractivity contribution is 6.31. The van der Waals surface area contributed by atoms with Crippen molar-refractivity contribution < 1.29 is 4.39 Å². The first-order chi connectivity index (χ1) is 8.12. The molecule has 1 N–H and O–H groups in total. The predicted octanol–water partition coefficient (Wildman–Crippen LogP) is 3.51. The molecule has 2 saturated carbocycles. The molecule has 0 radical (unpaired) electrons. The molecule has 17 heavy (non-hydrogen) atoms. The summed E-state index contributed by atoms with van der Waals surface area (Å²) in [6, 6.07) is 5.51. The lowest BCUT2D eigenvalue weighted by atomic mass is 9.93. The van der Waals surface area contributed by atoms with E-state index in [9.17, 15) is 4.39 Å². The second-order valence-electron chi connectivity index (χ2n) is 5.54. The Hall–Kier alpha value is -0.600. The van der Waals surface area contributed by atoms with Crippen molar-refractivity contribution in [2.75, 3.05) is 6.54 Å². The summed E-state index contributed by atoms with van der Waals surface area (Å²) in [6.45, 7) is 3.22. The quantitative estimate of drug-likeness (QED) is 0.866. The minimum atomic E-state index is -0.252. The highest BCUT2D eigenvalue weighted by Gasteiger charge is 2.53. The van der Waals surface area contributed by atoms with Crippen molar-refractivity contribution >= 4 is 11.6 Å². The minimum absolute atomic E-state index is 0.146. The van der Waals surface area contributed by atoms with Crippen molar-refractivity contribution in [1.82, 2.24) is 5.32 Å².